The number of nitrogens with one attached hydrogen (secondary N) is 1. The van der Waals surface area contributed by atoms with E-state index in [1.807, 2.05) is 63.8 Å². The minimum absolute atomic E-state index is 0.345. The lowest BCUT2D eigenvalue weighted by Gasteiger charge is -1.99. The maximum atomic E-state index is 8.28. The number of azide groups is 1. The predicted molar refractivity (Wildman–Crippen MR) is 203 cm³/mol. The molecule has 0 saturated carbocycles. The summed E-state index contributed by atoms with van der Waals surface area (Å²) < 4.78 is 5.45. The average Bonchev–Trinajstić information content (AvgIpc) is 3.86. The maximum absolute atomic E-state index is 8.28. The van der Waals surface area contributed by atoms with Crippen molar-refractivity contribution in [1.29, 1.82) is 0 Å². The molecule has 0 aliphatic carbocycles. The van der Waals surface area contributed by atoms with Gasteiger partial charge in [0.2, 0.25) is 0 Å². The van der Waals surface area contributed by atoms with Crippen LogP contribution in [0.2, 0.25) is 15.1 Å². The van der Waals surface area contributed by atoms with E-state index < -0.39 is 0 Å². The van der Waals surface area contributed by atoms with Crippen molar-refractivity contribution in [3.63, 3.8) is 0 Å². The molecule has 0 amide bonds. The molecule has 0 aromatic carbocycles. The molecule has 8 rings (SSSR count). The molecule has 8 heterocycles. The summed E-state index contributed by atoms with van der Waals surface area (Å²) in [6, 6.07) is 11.3. The molecule has 8 aromatic heterocycles. The van der Waals surface area contributed by atoms with Gasteiger partial charge in [0, 0.05) is 63.6 Å². The second-order valence-corrected chi connectivity index (χ2v) is 12.4. The maximum Gasteiger partial charge on any atom is 0.144 e. The first-order valence-corrected chi connectivity index (χ1v) is 15.9. The second kappa shape index (κ2) is 15.2. The van der Waals surface area contributed by atoms with E-state index in [9.17, 15) is 0 Å². The Bertz CT molecular complexity index is 2390. The highest BCUT2D eigenvalue weighted by molar-refractivity contribution is 7.15. The van der Waals surface area contributed by atoms with Crippen LogP contribution in [0.25, 0.3) is 54.6 Å². The third-order valence-corrected chi connectivity index (χ3v) is 8.90. The molecular formula is C28H25Cl3N13P3. The Labute approximate surface area is 289 Å². The molecule has 238 valence electrons. The number of pyridine rings is 4. The highest BCUT2D eigenvalue weighted by Gasteiger charge is 2.08. The van der Waals surface area contributed by atoms with Crippen molar-refractivity contribution in [3.8, 4) is 0 Å². The molecule has 19 heteroatoms. The Balaban J connectivity index is 0.000000124. The van der Waals surface area contributed by atoms with E-state index in [1.54, 1.807) is 29.0 Å². The van der Waals surface area contributed by atoms with E-state index in [1.165, 1.54) is 6.20 Å². The van der Waals surface area contributed by atoms with Crippen LogP contribution in [-0.4, -0.2) is 37.9 Å². The first kappa shape index (κ1) is 34.2. The number of nitrogens with zero attached hydrogens (tertiary/aromatic N) is 10. The number of halogens is 3. The van der Waals surface area contributed by atoms with Crippen LogP contribution in [-0.2, 0) is 0 Å². The van der Waals surface area contributed by atoms with Crippen LogP contribution in [0.1, 0.15) is 0 Å². The van der Waals surface area contributed by atoms with Crippen molar-refractivity contribution in [2.75, 3.05) is 11.5 Å². The van der Waals surface area contributed by atoms with Crippen LogP contribution in [0, 0.1) is 0 Å². The predicted octanol–water partition coefficient (Wildman–Crippen LogP) is 8.65. The van der Waals surface area contributed by atoms with Crippen molar-refractivity contribution in [2.45, 2.75) is 0 Å². The number of aromatic amines is 1. The van der Waals surface area contributed by atoms with Crippen molar-refractivity contribution in [2.24, 2.45) is 5.11 Å². The summed E-state index contributed by atoms with van der Waals surface area (Å²) in [6.07, 6.45) is 13.8. The van der Waals surface area contributed by atoms with E-state index in [0.29, 0.717) is 27.1 Å². The lowest BCUT2D eigenvalue weighted by molar-refractivity contribution is 1.25. The average molecular weight is 743 g/mol. The van der Waals surface area contributed by atoms with Crippen LogP contribution in [0.5, 0.6) is 0 Å². The standard InChI is InChI=1S/C7H5ClN5P.C7H7ClN3P.C7H6ClN2P.C7H7N3/c8-6-4-1-2-13(14)7(4)10-3-5(6)11-12-9;8-6-4-1-2-11(12)7(4)10-3-5(6)9;8-6-1-3-9-7-5(6)2-4-10(7)11;8-6-3-5-1-2-9-7(5)10-4-6/h1-3H,14H2;1-3H,9,12H2;1-4H,11H2;1-4H,8H2,(H,9,10). The van der Waals surface area contributed by atoms with Gasteiger partial charge in [-0.1, -0.05) is 39.9 Å². The van der Waals surface area contributed by atoms with Gasteiger partial charge in [-0.3, -0.25) is 0 Å². The van der Waals surface area contributed by atoms with Gasteiger partial charge in [-0.15, -0.1) is 0 Å². The molecule has 47 heavy (non-hydrogen) atoms. The summed E-state index contributed by atoms with van der Waals surface area (Å²) in [6.45, 7) is 0. The van der Waals surface area contributed by atoms with E-state index in [2.05, 4.69) is 63.1 Å². The number of hydrogen-bond donors (Lipinski definition) is 3. The van der Waals surface area contributed by atoms with Crippen LogP contribution in [0.4, 0.5) is 17.1 Å². The lowest BCUT2D eigenvalue weighted by atomic mass is 10.3. The molecule has 5 N–H and O–H groups in total. The minimum atomic E-state index is 0.345. The third kappa shape index (κ3) is 7.70. The number of aromatic nitrogens is 8. The number of nitrogen functional groups attached to an aromatic ring is 2. The number of nitrogens with two attached hydrogens (primary N) is 2. The van der Waals surface area contributed by atoms with Gasteiger partial charge in [-0.05, 0) is 70.1 Å². The number of fused-ring (bicyclic) bond motifs is 4. The van der Waals surface area contributed by atoms with E-state index in [4.69, 9.17) is 51.8 Å². The van der Waals surface area contributed by atoms with Gasteiger partial charge in [0.25, 0.3) is 0 Å². The molecular weight excluding hydrogens is 718 g/mol. The molecule has 3 unspecified atom stereocenters. The number of rotatable bonds is 1. The molecule has 0 fully saturated rings. The topological polar surface area (TPSA) is 183 Å². The molecule has 13 nitrogen and oxygen atoms in total. The minimum Gasteiger partial charge on any atom is -0.397 e. The first-order chi connectivity index (χ1) is 22.6. The van der Waals surface area contributed by atoms with Crippen LogP contribution in [0.15, 0.2) is 91.1 Å². The molecule has 0 saturated heterocycles. The van der Waals surface area contributed by atoms with Crippen LogP contribution in [0.3, 0.4) is 0 Å². The van der Waals surface area contributed by atoms with Gasteiger partial charge in [-0.25, -0.2) is 19.9 Å². The molecule has 0 spiro atoms. The van der Waals surface area contributed by atoms with E-state index >= 15 is 0 Å². The summed E-state index contributed by atoms with van der Waals surface area (Å²) in [4.78, 5) is 22.1. The smallest absolute Gasteiger partial charge is 0.144 e. The Kier molecular flexibility index (Phi) is 11.0. The molecule has 0 radical (unpaired) electrons. The van der Waals surface area contributed by atoms with Crippen molar-refractivity contribution in [3.05, 3.63) is 111 Å². The van der Waals surface area contributed by atoms with Crippen molar-refractivity contribution in [1.82, 2.24) is 37.9 Å². The molecule has 3 atom stereocenters. The highest BCUT2D eigenvalue weighted by Crippen LogP contribution is 2.32. The number of anilines is 2. The second-order valence-electron chi connectivity index (χ2n) is 9.53. The van der Waals surface area contributed by atoms with E-state index in [0.717, 1.165) is 49.2 Å². The van der Waals surface area contributed by atoms with Gasteiger partial charge < -0.3 is 29.5 Å². The summed E-state index contributed by atoms with van der Waals surface area (Å²) in [5, 5.41) is 8.87. The summed E-state index contributed by atoms with van der Waals surface area (Å²) in [5.41, 5.74) is 24.3. The Hall–Kier alpha value is -4.17. The lowest BCUT2D eigenvalue weighted by Crippen LogP contribution is -1.89. The zero-order valence-corrected chi connectivity index (χ0v) is 29.8. The SMILES string of the molecule is Nc1cnc2[nH]ccc2c1.Nc1cnc2c(ccn2P)c1Cl.Pn1ccc2c(Cl)ccnc21.[N-]=[N+]=Nc1cnc2c(ccn2P)c1Cl. The highest BCUT2D eigenvalue weighted by atomic mass is 35.5. The van der Waals surface area contributed by atoms with Gasteiger partial charge in [0.1, 0.15) is 22.6 Å². The van der Waals surface area contributed by atoms with Crippen LogP contribution >= 0.6 is 63.0 Å². The third-order valence-electron chi connectivity index (χ3n) is 6.50. The van der Waals surface area contributed by atoms with Crippen molar-refractivity contribution >= 4 is 124 Å². The molecule has 0 bridgehead atoms. The summed E-state index contributed by atoms with van der Waals surface area (Å²) in [5.74, 6) is 0. The zero-order chi connectivity index (χ0) is 33.7. The van der Waals surface area contributed by atoms with Gasteiger partial charge in [0.15, 0.2) is 0 Å². The normalized spacial score (nSPS) is 10.5. The number of H-pyrrole nitrogens is 1. The fourth-order valence-corrected chi connectivity index (χ4v) is 5.76. The van der Waals surface area contributed by atoms with E-state index in [-0.39, 0.29) is 0 Å². The fourth-order valence-electron chi connectivity index (χ4n) is 4.25. The Morgan fingerprint density at radius 3 is 1.98 bits per heavy atom. The molecule has 0 aliphatic rings. The molecule has 0 aliphatic heterocycles. The van der Waals surface area contributed by atoms with Crippen LogP contribution < -0.4 is 11.5 Å². The Morgan fingerprint density at radius 1 is 0.745 bits per heavy atom. The molecule has 8 aromatic rings. The van der Waals surface area contributed by atoms with Gasteiger partial charge in [-0.2, -0.15) is 0 Å². The Morgan fingerprint density at radius 2 is 1.34 bits per heavy atom. The zero-order valence-electron chi connectivity index (χ0n) is 24.1. The quantitative estimate of drug-likeness (QED) is 0.0654. The largest absolute Gasteiger partial charge is 0.397 e. The van der Waals surface area contributed by atoms with Crippen molar-refractivity contribution < 1.29 is 0 Å². The first-order valence-electron chi connectivity index (χ1n) is 13.3. The number of hydrogen-bond acceptors (Lipinski definition) is 7. The summed E-state index contributed by atoms with van der Waals surface area (Å²) in [7, 11) is 7.56. The summed E-state index contributed by atoms with van der Waals surface area (Å²) >= 11 is 17.9. The van der Waals surface area contributed by atoms with Gasteiger partial charge >= 0.3 is 0 Å². The fraction of sp³-hybridized carbons (Fsp3) is 0. The van der Waals surface area contributed by atoms with Gasteiger partial charge in [0.05, 0.1) is 44.5 Å². The monoisotopic (exact) mass is 741 g/mol.